The van der Waals surface area contributed by atoms with Gasteiger partial charge in [0.1, 0.15) is 5.75 Å². The van der Waals surface area contributed by atoms with Crippen LogP contribution in [-0.2, 0) is 4.79 Å². The molecule has 2 aromatic carbocycles. The van der Waals surface area contributed by atoms with Crippen molar-refractivity contribution in [3.8, 4) is 5.75 Å². The summed E-state index contributed by atoms with van der Waals surface area (Å²) in [5.74, 6) is 1.04. The number of amides is 1. The van der Waals surface area contributed by atoms with Gasteiger partial charge in [0.15, 0.2) is 5.78 Å². The first-order valence-electron chi connectivity index (χ1n) is 18.0. The number of aromatic hydroxyl groups is 1. The van der Waals surface area contributed by atoms with Gasteiger partial charge in [0.05, 0.1) is 23.0 Å². The molecule has 0 spiro atoms. The number of anilines is 1. The van der Waals surface area contributed by atoms with Crippen LogP contribution in [0.2, 0.25) is 0 Å². The largest absolute Gasteiger partial charge is 0.506 e. The Morgan fingerprint density at radius 1 is 1.08 bits per heavy atom. The Bertz CT molecular complexity index is 1560. The molecular formula is C42H60BrN3O3. The first-order valence-corrected chi connectivity index (χ1v) is 18.8. The normalized spacial score (nSPS) is 15.5. The molecule has 49 heavy (non-hydrogen) atoms. The van der Waals surface area contributed by atoms with Crippen LogP contribution in [0.25, 0.3) is 0 Å². The maximum atomic E-state index is 14.5. The Kier molecular flexibility index (Phi) is 16.7. The summed E-state index contributed by atoms with van der Waals surface area (Å²) in [6.45, 7) is 26.8. The topological polar surface area (TPSA) is 82.0 Å². The van der Waals surface area contributed by atoms with E-state index in [1.54, 1.807) is 6.21 Å². The zero-order valence-electron chi connectivity index (χ0n) is 31.8. The molecule has 2 aromatic rings. The smallest absolute Gasteiger partial charge is 0.256 e. The minimum Gasteiger partial charge on any atom is -0.506 e. The fraction of sp³-hybridized carbons (Fsp3) is 0.500. The lowest BCUT2D eigenvalue weighted by Gasteiger charge is -2.41. The predicted molar refractivity (Wildman–Crippen MR) is 213 cm³/mol. The number of benzene rings is 2. The summed E-state index contributed by atoms with van der Waals surface area (Å²) in [6.07, 6.45) is 7.49. The molecule has 1 aliphatic rings. The van der Waals surface area contributed by atoms with Crippen molar-refractivity contribution in [3.05, 3.63) is 86.6 Å². The van der Waals surface area contributed by atoms with E-state index in [1.165, 1.54) is 22.8 Å². The van der Waals surface area contributed by atoms with Gasteiger partial charge in [0.2, 0.25) is 0 Å². The highest BCUT2D eigenvalue weighted by atomic mass is 79.9. The van der Waals surface area contributed by atoms with E-state index >= 15 is 0 Å². The zero-order valence-corrected chi connectivity index (χ0v) is 33.4. The highest BCUT2D eigenvalue weighted by Gasteiger charge is 2.36. The van der Waals surface area contributed by atoms with Gasteiger partial charge in [-0.05, 0) is 97.6 Å². The summed E-state index contributed by atoms with van der Waals surface area (Å²) in [4.78, 5) is 31.6. The predicted octanol–water partition coefficient (Wildman–Crippen LogP) is 12.0. The van der Waals surface area contributed by atoms with Gasteiger partial charge in [-0.1, -0.05) is 103 Å². The number of nitrogens with zero attached hydrogens (tertiary/aromatic N) is 2. The van der Waals surface area contributed by atoms with E-state index in [9.17, 15) is 14.7 Å². The van der Waals surface area contributed by atoms with Gasteiger partial charge in [-0.2, -0.15) is 0 Å². The maximum absolute atomic E-state index is 14.5. The molecule has 268 valence electrons. The van der Waals surface area contributed by atoms with Gasteiger partial charge >= 0.3 is 0 Å². The van der Waals surface area contributed by atoms with Crippen LogP contribution in [0.3, 0.4) is 0 Å². The average molecular weight is 735 g/mol. The summed E-state index contributed by atoms with van der Waals surface area (Å²) < 4.78 is 0.974. The fourth-order valence-corrected chi connectivity index (χ4v) is 7.02. The highest BCUT2D eigenvalue weighted by Crippen LogP contribution is 2.41. The Morgan fingerprint density at radius 3 is 2.22 bits per heavy atom. The summed E-state index contributed by atoms with van der Waals surface area (Å²) in [5.41, 5.74) is 9.23. The second-order valence-electron chi connectivity index (χ2n) is 13.6. The number of allylic oxidation sites excluding steroid dienone is 2. The van der Waals surface area contributed by atoms with Crippen LogP contribution in [0, 0.1) is 5.92 Å². The number of rotatable bonds is 13. The number of hydrogen-bond donors (Lipinski definition) is 2. The zero-order chi connectivity index (χ0) is 37.0. The number of halogens is 1. The standard InChI is InChI=1S/C36H50BrN3O2.C6H10O/c1-10-14-26(24(9)11-2)34-30(39-29-18-15-25(22(5)6)21-32(29)41)19-20-40(31(34)12-3)36(42)27-16-17-28(37)33(23(7)8)35(27)38-13-4;1-4-6(7)5(2)3/h13,15-18,21-23,31,39,41H,10-12,14,19-20H2,1-9H3;4-5H,1H2,2-3H3. The molecule has 2 N–H and O–H groups in total. The molecule has 0 fully saturated rings. The van der Waals surface area contributed by atoms with Gasteiger partial charge in [-0.3, -0.25) is 14.6 Å². The number of aliphatic imine (C=N–C) groups is 1. The Labute approximate surface area is 305 Å². The Morgan fingerprint density at radius 2 is 1.76 bits per heavy atom. The minimum absolute atomic E-state index is 0.0162. The lowest BCUT2D eigenvalue weighted by atomic mass is 9.83. The van der Waals surface area contributed by atoms with E-state index in [1.807, 2.05) is 45.0 Å². The SMILES string of the molecule is C=CC(=O)C(C)C.CC=Nc1c(C(=O)N2CCC(Nc3ccc(C(C)C)cc3O)=C(C(CCC)=C(C)CC)C2CC)ccc(Br)c1C(C)C. The monoisotopic (exact) mass is 733 g/mol. The number of phenolic OH excluding ortho intramolecular Hbond substituents is 1. The Balaban J connectivity index is 0.00000107. The molecule has 0 saturated carbocycles. The minimum atomic E-state index is -0.0986. The van der Waals surface area contributed by atoms with Crippen LogP contribution in [0.5, 0.6) is 5.75 Å². The quantitative estimate of drug-likeness (QED) is 0.122. The van der Waals surface area contributed by atoms with Crippen molar-refractivity contribution in [1.29, 1.82) is 0 Å². The van der Waals surface area contributed by atoms with Crippen molar-refractivity contribution in [3.63, 3.8) is 0 Å². The average Bonchev–Trinajstić information content (AvgIpc) is 3.07. The van der Waals surface area contributed by atoms with Crippen molar-refractivity contribution >= 4 is 45.2 Å². The van der Waals surface area contributed by atoms with Crippen molar-refractivity contribution in [2.45, 2.75) is 126 Å². The summed E-state index contributed by atoms with van der Waals surface area (Å²) in [7, 11) is 0. The molecule has 1 atom stereocenters. The van der Waals surface area contributed by atoms with Gasteiger partial charge in [-0.15, -0.1) is 0 Å². The van der Waals surface area contributed by atoms with Gasteiger partial charge < -0.3 is 15.3 Å². The third kappa shape index (κ3) is 10.5. The van der Waals surface area contributed by atoms with Crippen molar-refractivity contribution in [1.82, 2.24) is 4.90 Å². The van der Waals surface area contributed by atoms with E-state index in [-0.39, 0.29) is 35.3 Å². The van der Waals surface area contributed by atoms with Gasteiger partial charge in [-0.25, -0.2) is 0 Å². The molecule has 1 amide bonds. The molecule has 1 heterocycles. The molecule has 6 nitrogen and oxygen atoms in total. The first-order chi connectivity index (χ1) is 23.2. The number of carbonyl (C=O) groups excluding carboxylic acids is 2. The second-order valence-corrected chi connectivity index (χ2v) is 14.5. The molecule has 1 aliphatic heterocycles. The van der Waals surface area contributed by atoms with E-state index < -0.39 is 0 Å². The molecule has 1 unspecified atom stereocenters. The first kappa shape index (κ1) is 41.7. The third-order valence-corrected chi connectivity index (χ3v) is 9.82. The number of carbonyl (C=O) groups is 2. The van der Waals surface area contributed by atoms with Crippen LogP contribution in [0.1, 0.15) is 142 Å². The number of ketones is 1. The number of phenols is 1. The van der Waals surface area contributed by atoms with E-state index in [0.29, 0.717) is 30.1 Å². The van der Waals surface area contributed by atoms with Crippen molar-refractivity contribution in [2.75, 3.05) is 11.9 Å². The van der Waals surface area contributed by atoms with Gasteiger partial charge in [0.25, 0.3) is 5.91 Å². The molecule has 3 rings (SSSR count). The van der Waals surface area contributed by atoms with E-state index in [0.717, 1.165) is 52.7 Å². The summed E-state index contributed by atoms with van der Waals surface area (Å²) in [6, 6.07) is 9.72. The molecule has 0 aliphatic carbocycles. The van der Waals surface area contributed by atoms with E-state index in [2.05, 4.69) is 94.2 Å². The van der Waals surface area contributed by atoms with E-state index in [4.69, 9.17) is 4.99 Å². The van der Waals surface area contributed by atoms with Crippen LogP contribution in [-0.4, -0.2) is 40.5 Å². The maximum Gasteiger partial charge on any atom is 0.256 e. The van der Waals surface area contributed by atoms with Crippen molar-refractivity contribution < 1.29 is 14.7 Å². The number of hydrogen-bond acceptors (Lipinski definition) is 5. The molecule has 0 saturated heterocycles. The van der Waals surface area contributed by atoms with Crippen LogP contribution in [0.4, 0.5) is 11.4 Å². The Hall–Kier alpha value is -3.45. The molecule has 0 aromatic heterocycles. The summed E-state index contributed by atoms with van der Waals surface area (Å²) in [5, 5.41) is 14.6. The highest BCUT2D eigenvalue weighted by molar-refractivity contribution is 9.10. The third-order valence-electron chi connectivity index (χ3n) is 9.13. The molecule has 0 radical (unpaired) electrons. The van der Waals surface area contributed by atoms with Crippen LogP contribution >= 0.6 is 15.9 Å². The lowest BCUT2D eigenvalue weighted by molar-refractivity contribution is -0.117. The van der Waals surface area contributed by atoms with Gasteiger partial charge in [0, 0.05) is 35.3 Å². The summed E-state index contributed by atoms with van der Waals surface area (Å²) >= 11 is 3.71. The number of nitrogens with one attached hydrogen (secondary N) is 1. The molecular weight excluding hydrogens is 674 g/mol. The second kappa shape index (κ2) is 19.7. The lowest BCUT2D eigenvalue weighted by Crippen LogP contribution is -2.46. The van der Waals surface area contributed by atoms with Crippen LogP contribution in [0.15, 0.2) is 74.9 Å². The fourth-order valence-electron chi connectivity index (χ4n) is 6.24. The molecule has 0 bridgehead atoms. The van der Waals surface area contributed by atoms with Crippen LogP contribution < -0.4 is 5.32 Å². The molecule has 7 heteroatoms. The van der Waals surface area contributed by atoms with Crippen molar-refractivity contribution in [2.24, 2.45) is 10.9 Å².